The van der Waals surface area contributed by atoms with Gasteiger partial charge in [-0.2, -0.15) is 0 Å². The topological polar surface area (TPSA) is 37.4 Å². The third-order valence-electron chi connectivity index (χ3n) is 3.36. The van der Waals surface area contributed by atoms with E-state index in [1.807, 2.05) is 13.8 Å². The summed E-state index contributed by atoms with van der Waals surface area (Å²) in [7, 11) is 0. The average Bonchev–Trinajstić information content (AvgIpc) is 2.49. The standard InChI is InChI=1S/C16H21NO2/c1-15(2,3)10-16(4,5)17-13(18)11-8-6-7-9-12(11)14(17)19/h6-9H,10H2,1-5H3. The lowest BCUT2D eigenvalue weighted by atomic mass is 9.81. The summed E-state index contributed by atoms with van der Waals surface area (Å²) in [4.78, 5) is 26.3. The first kappa shape index (κ1) is 13.8. The summed E-state index contributed by atoms with van der Waals surface area (Å²) < 4.78 is 0. The maximum atomic E-state index is 12.4. The fraction of sp³-hybridized carbons (Fsp3) is 0.500. The second kappa shape index (κ2) is 4.19. The Morgan fingerprint density at radius 1 is 0.895 bits per heavy atom. The highest BCUT2D eigenvalue weighted by atomic mass is 16.2. The van der Waals surface area contributed by atoms with Crippen LogP contribution in [0.5, 0.6) is 0 Å². The second-order valence-corrected chi connectivity index (χ2v) is 7.04. The second-order valence-electron chi connectivity index (χ2n) is 7.04. The number of fused-ring (bicyclic) bond motifs is 1. The number of carbonyl (C=O) groups is 2. The van der Waals surface area contributed by atoms with Crippen LogP contribution in [0.1, 0.15) is 61.8 Å². The van der Waals surface area contributed by atoms with Gasteiger partial charge in [0.25, 0.3) is 11.8 Å². The predicted molar refractivity (Wildman–Crippen MR) is 75.1 cm³/mol. The lowest BCUT2D eigenvalue weighted by Gasteiger charge is -2.38. The first-order valence-electron chi connectivity index (χ1n) is 6.61. The van der Waals surface area contributed by atoms with Gasteiger partial charge in [-0.3, -0.25) is 14.5 Å². The molecule has 2 amide bonds. The summed E-state index contributed by atoms with van der Waals surface area (Å²) >= 11 is 0. The van der Waals surface area contributed by atoms with E-state index in [0.29, 0.717) is 11.1 Å². The molecule has 0 fully saturated rings. The molecule has 1 aromatic carbocycles. The molecule has 0 radical (unpaired) electrons. The Morgan fingerprint density at radius 2 is 1.32 bits per heavy atom. The molecular weight excluding hydrogens is 238 g/mol. The normalized spacial score (nSPS) is 15.9. The minimum atomic E-state index is -0.481. The van der Waals surface area contributed by atoms with Crippen LogP contribution < -0.4 is 0 Å². The SMILES string of the molecule is CC(C)(C)CC(C)(C)N1C(=O)c2ccccc2C1=O. The van der Waals surface area contributed by atoms with Crippen molar-refractivity contribution in [2.24, 2.45) is 5.41 Å². The van der Waals surface area contributed by atoms with Crippen LogP contribution in [0, 0.1) is 5.41 Å². The van der Waals surface area contributed by atoms with Crippen LogP contribution in [0.25, 0.3) is 0 Å². The van der Waals surface area contributed by atoms with Crippen LogP contribution in [0.4, 0.5) is 0 Å². The zero-order valence-corrected chi connectivity index (χ0v) is 12.3. The Labute approximate surface area is 114 Å². The summed E-state index contributed by atoms with van der Waals surface area (Å²) in [6, 6.07) is 7.04. The average molecular weight is 259 g/mol. The van der Waals surface area contributed by atoms with Crippen LogP contribution in [-0.2, 0) is 0 Å². The number of amides is 2. The third kappa shape index (κ3) is 2.42. The van der Waals surface area contributed by atoms with E-state index in [-0.39, 0.29) is 17.2 Å². The summed E-state index contributed by atoms with van der Waals surface area (Å²) in [5.41, 5.74) is 0.619. The molecule has 0 N–H and O–H groups in total. The Kier molecular flexibility index (Phi) is 3.04. The molecule has 0 bridgehead atoms. The van der Waals surface area contributed by atoms with Gasteiger partial charge in [0.2, 0.25) is 0 Å². The van der Waals surface area contributed by atoms with Gasteiger partial charge in [0.05, 0.1) is 11.1 Å². The number of hydrogen-bond donors (Lipinski definition) is 0. The summed E-state index contributed by atoms with van der Waals surface area (Å²) in [6.07, 6.45) is 0.769. The first-order chi connectivity index (χ1) is 8.63. The van der Waals surface area contributed by atoms with E-state index in [9.17, 15) is 9.59 Å². The molecule has 19 heavy (non-hydrogen) atoms. The van der Waals surface area contributed by atoms with Crippen molar-refractivity contribution in [1.82, 2.24) is 4.90 Å². The molecule has 3 nitrogen and oxygen atoms in total. The summed E-state index contributed by atoms with van der Waals surface area (Å²) in [5.74, 6) is -0.343. The van der Waals surface area contributed by atoms with Crippen molar-refractivity contribution in [1.29, 1.82) is 0 Å². The van der Waals surface area contributed by atoms with E-state index in [4.69, 9.17) is 0 Å². The van der Waals surface area contributed by atoms with Crippen molar-refractivity contribution in [3.63, 3.8) is 0 Å². The molecule has 1 aromatic rings. The maximum Gasteiger partial charge on any atom is 0.262 e. The van der Waals surface area contributed by atoms with Gasteiger partial charge < -0.3 is 0 Å². The number of hydrogen-bond acceptors (Lipinski definition) is 2. The predicted octanol–water partition coefficient (Wildman–Crippen LogP) is 3.50. The van der Waals surface area contributed by atoms with Crippen LogP contribution in [0.15, 0.2) is 24.3 Å². The Hall–Kier alpha value is -1.64. The van der Waals surface area contributed by atoms with E-state index < -0.39 is 5.54 Å². The highest BCUT2D eigenvalue weighted by Crippen LogP contribution is 2.36. The van der Waals surface area contributed by atoms with Crippen molar-refractivity contribution in [2.45, 2.75) is 46.6 Å². The van der Waals surface area contributed by atoms with Crippen LogP contribution in [0.3, 0.4) is 0 Å². The Balaban J connectivity index is 2.39. The lowest BCUT2D eigenvalue weighted by molar-refractivity contribution is 0.0408. The van der Waals surface area contributed by atoms with Crippen LogP contribution in [0.2, 0.25) is 0 Å². The zero-order valence-electron chi connectivity index (χ0n) is 12.3. The fourth-order valence-electron chi connectivity index (χ4n) is 3.12. The first-order valence-corrected chi connectivity index (χ1v) is 6.61. The fourth-order valence-corrected chi connectivity index (χ4v) is 3.12. The zero-order chi connectivity index (χ0) is 14.4. The quantitative estimate of drug-likeness (QED) is 0.762. The van der Waals surface area contributed by atoms with Gasteiger partial charge in [0.15, 0.2) is 0 Å². The smallest absolute Gasteiger partial charge is 0.262 e. The molecule has 0 atom stereocenters. The molecule has 0 aliphatic carbocycles. The molecular formula is C16H21NO2. The van der Waals surface area contributed by atoms with Gasteiger partial charge in [0.1, 0.15) is 0 Å². The lowest BCUT2D eigenvalue weighted by Crippen LogP contribution is -2.49. The number of carbonyl (C=O) groups excluding carboxylic acids is 2. The molecule has 3 heteroatoms. The number of rotatable bonds is 2. The van der Waals surface area contributed by atoms with Crippen molar-refractivity contribution >= 4 is 11.8 Å². The molecule has 1 aliphatic heterocycles. The van der Waals surface area contributed by atoms with Crippen molar-refractivity contribution in [2.75, 3.05) is 0 Å². The number of benzene rings is 1. The van der Waals surface area contributed by atoms with Crippen molar-refractivity contribution in [3.05, 3.63) is 35.4 Å². The molecule has 0 saturated carbocycles. The van der Waals surface area contributed by atoms with Crippen molar-refractivity contribution in [3.8, 4) is 0 Å². The number of nitrogens with zero attached hydrogens (tertiary/aromatic N) is 1. The van der Waals surface area contributed by atoms with Crippen LogP contribution in [-0.4, -0.2) is 22.3 Å². The summed E-state index contributed by atoms with van der Waals surface area (Å²) in [6.45, 7) is 10.3. The van der Waals surface area contributed by atoms with E-state index in [0.717, 1.165) is 6.42 Å². The molecule has 0 spiro atoms. The molecule has 0 saturated heterocycles. The molecule has 102 valence electrons. The Morgan fingerprint density at radius 3 is 1.68 bits per heavy atom. The van der Waals surface area contributed by atoms with E-state index in [1.165, 1.54) is 4.90 Å². The largest absolute Gasteiger partial charge is 0.269 e. The van der Waals surface area contributed by atoms with Gasteiger partial charge in [-0.05, 0) is 37.8 Å². The summed E-state index contributed by atoms with van der Waals surface area (Å²) in [5, 5.41) is 0. The molecule has 1 heterocycles. The molecule has 0 aromatic heterocycles. The minimum Gasteiger partial charge on any atom is -0.269 e. The van der Waals surface area contributed by atoms with Gasteiger partial charge in [-0.15, -0.1) is 0 Å². The third-order valence-corrected chi connectivity index (χ3v) is 3.36. The Bertz CT molecular complexity index is 503. The van der Waals surface area contributed by atoms with Gasteiger partial charge >= 0.3 is 0 Å². The van der Waals surface area contributed by atoms with Gasteiger partial charge in [0, 0.05) is 5.54 Å². The highest BCUT2D eigenvalue weighted by molar-refractivity contribution is 6.21. The van der Waals surface area contributed by atoms with Crippen LogP contribution >= 0.6 is 0 Å². The van der Waals surface area contributed by atoms with Gasteiger partial charge in [-0.1, -0.05) is 32.9 Å². The number of imide groups is 1. The van der Waals surface area contributed by atoms with E-state index >= 15 is 0 Å². The van der Waals surface area contributed by atoms with Crippen molar-refractivity contribution < 1.29 is 9.59 Å². The minimum absolute atomic E-state index is 0.0544. The van der Waals surface area contributed by atoms with E-state index in [2.05, 4.69) is 20.8 Å². The molecule has 2 rings (SSSR count). The van der Waals surface area contributed by atoms with E-state index in [1.54, 1.807) is 24.3 Å². The highest BCUT2D eigenvalue weighted by Gasteiger charge is 2.45. The molecule has 0 unspecified atom stereocenters. The molecule has 1 aliphatic rings. The monoisotopic (exact) mass is 259 g/mol. The maximum absolute atomic E-state index is 12.4. The van der Waals surface area contributed by atoms with Gasteiger partial charge in [-0.25, -0.2) is 0 Å².